The Morgan fingerprint density at radius 3 is 2.70 bits per heavy atom. The smallest absolute Gasteiger partial charge is 0.227 e. The lowest BCUT2D eigenvalue weighted by Crippen LogP contribution is -2.37. The van der Waals surface area contributed by atoms with E-state index in [1.54, 1.807) is 7.11 Å². The van der Waals surface area contributed by atoms with Crippen LogP contribution in [-0.2, 0) is 17.8 Å². The molecule has 0 unspecified atom stereocenters. The third-order valence-corrected chi connectivity index (χ3v) is 4.70. The predicted octanol–water partition coefficient (Wildman–Crippen LogP) is 3.74. The molecule has 0 radical (unpaired) electrons. The fraction of sp³-hybridized carbons (Fsp3) is 0.409. The second kappa shape index (κ2) is 9.31. The molecule has 5 heteroatoms. The van der Waals surface area contributed by atoms with Gasteiger partial charge in [0.15, 0.2) is 0 Å². The van der Waals surface area contributed by atoms with Crippen molar-refractivity contribution in [3.63, 3.8) is 0 Å². The molecule has 1 N–H and O–H groups in total. The van der Waals surface area contributed by atoms with Crippen molar-refractivity contribution in [3.8, 4) is 17.2 Å². The molecule has 1 atom stereocenters. The number of amides is 1. The van der Waals surface area contributed by atoms with Gasteiger partial charge in [0.1, 0.15) is 23.9 Å². The van der Waals surface area contributed by atoms with Crippen LogP contribution in [0.25, 0.3) is 0 Å². The van der Waals surface area contributed by atoms with E-state index in [0.29, 0.717) is 19.6 Å². The van der Waals surface area contributed by atoms with E-state index in [1.807, 2.05) is 42.5 Å². The van der Waals surface area contributed by atoms with Crippen LogP contribution in [0.4, 0.5) is 0 Å². The van der Waals surface area contributed by atoms with E-state index in [9.17, 15) is 4.79 Å². The number of fused-ring (bicyclic) bond motifs is 1. The van der Waals surface area contributed by atoms with Crippen molar-refractivity contribution >= 4 is 5.91 Å². The molecule has 27 heavy (non-hydrogen) atoms. The van der Waals surface area contributed by atoms with Crippen molar-refractivity contribution in [2.75, 3.05) is 20.3 Å². The topological polar surface area (TPSA) is 56.8 Å². The van der Waals surface area contributed by atoms with Crippen LogP contribution in [0.1, 0.15) is 30.9 Å². The highest BCUT2D eigenvalue weighted by Gasteiger charge is 2.26. The Hall–Kier alpha value is -2.69. The quantitative estimate of drug-likeness (QED) is 0.720. The summed E-state index contributed by atoms with van der Waals surface area (Å²) >= 11 is 0. The first-order chi connectivity index (χ1) is 13.2. The lowest BCUT2D eigenvalue weighted by Gasteiger charge is -2.25. The summed E-state index contributed by atoms with van der Waals surface area (Å²) in [6.45, 7) is 3.77. The molecule has 0 saturated carbocycles. The Balaban J connectivity index is 1.50. The first-order valence-electron chi connectivity index (χ1n) is 9.48. The van der Waals surface area contributed by atoms with E-state index in [2.05, 4.69) is 12.2 Å². The van der Waals surface area contributed by atoms with E-state index in [0.717, 1.165) is 47.8 Å². The summed E-state index contributed by atoms with van der Waals surface area (Å²) in [5.41, 5.74) is 2.05. The summed E-state index contributed by atoms with van der Waals surface area (Å²) in [5.74, 6) is 2.29. The molecule has 1 amide bonds. The zero-order valence-corrected chi connectivity index (χ0v) is 16.0. The molecule has 0 bridgehead atoms. The summed E-state index contributed by atoms with van der Waals surface area (Å²) in [6, 6.07) is 13.6. The van der Waals surface area contributed by atoms with Crippen LogP contribution in [0.5, 0.6) is 17.2 Å². The van der Waals surface area contributed by atoms with Gasteiger partial charge in [-0.2, -0.15) is 0 Å². The second-order valence-electron chi connectivity index (χ2n) is 6.75. The third kappa shape index (κ3) is 5.16. The average Bonchev–Trinajstić information content (AvgIpc) is 2.72. The van der Waals surface area contributed by atoms with E-state index < -0.39 is 0 Å². The molecule has 0 aliphatic carbocycles. The summed E-state index contributed by atoms with van der Waals surface area (Å²) in [7, 11) is 1.63. The van der Waals surface area contributed by atoms with Crippen molar-refractivity contribution in [3.05, 3.63) is 53.6 Å². The number of rotatable bonds is 8. The molecule has 0 saturated heterocycles. The Kier molecular flexibility index (Phi) is 6.58. The summed E-state index contributed by atoms with van der Waals surface area (Å²) in [5, 5.41) is 3.01. The monoisotopic (exact) mass is 369 g/mol. The van der Waals surface area contributed by atoms with E-state index in [4.69, 9.17) is 14.2 Å². The number of methoxy groups -OCH3 is 1. The molecule has 0 aromatic heterocycles. The van der Waals surface area contributed by atoms with Crippen LogP contribution in [0.15, 0.2) is 42.5 Å². The standard InChI is InChI=1S/C22H27NO4/c1-3-4-11-26-19-7-5-16(6-8-19)14-23-22(24)18-12-17-13-20(25-2)9-10-21(17)27-15-18/h5-10,13,18H,3-4,11-12,14-15H2,1-2H3,(H,23,24)/t18-/m1/s1. The summed E-state index contributed by atoms with van der Waals surface area (Å²) < 4.78 is 16.7. The van der Waals surface area contributed by atoms with Gasteiger partial charge in [-0.25, -0.2) is 0 Å². The molecule has 5 nitrogen and oxygen atoms in total. The number of unbranched alkanes of at least 4 members (excludes halogenated alkanes) is 1. The fourth-order valence-electron chi connectivity index (χ4n) is 3.04. The molecule has 1 aliphatic heterocycles. The summed E-state index contributed by atoms with van der Waals surface area (Å²) in [6.07, 6.45) is 2.82. The van der Waals surface area contributed by atoms with Gasteiger partial charge in [-0.3, -0.25) is 4.79 Å². The van der Waals surface area contributed by atoms with Crippen LogP contribution in [0.3, 0.4) is 0 Å². The predicted molar refractivity (Wildman–Crippen MR) is 104 cm³/mol. The van der Waals surface area contributed by atoms with Crippen LogP contribution >= 0.6 is 0 Å². The van der Waals surface area contributed by atoms with Crippen LogP contribution in [0, 0.1) is 5.92 Å². The minimum atomic E-state index is -0.193. The van der Waals surface area contributed by atoms with Gasteiger partial charge >= 0.3 is 0 Å². The normalized spacial score (nSPS) is 15.4. The molecule has 144 valence electrons. The van der Waals surface area contributed by atoms with Gasteiger partial charge in [-0.15, -0.1) is 0 Å². The Morgan fingerprint density at radius 1 is 1.19 bits per heavy atom. The molecule has 1 heterocycles. The van der Waals surface area contributed by atoms with Gasteiger partial charge in [-0.1, -0.05) is 25.5 Å². The first kappa shape index (κ1) is 19.1. The number of benzene rings is 2. The van der Waals surface area contributed by atoms with Crippen molar-refractivity contribution in [2.45, 2.75) is 32.7 Å². The Bertz CT molecular complexity index is 757. The van der Waals surface area contributed by atoms with Gasteiger partial charge < -0.3 is 19.5 Å². The zero-order chi connectivity index (χ0) is 19.1. The molecule has 0 fully saturated rings. The maximum Gasteiger partial charge on any atom is 0.227 e. The van der Waals surface area contributed by atoms with Crippen LogP contribution in [-0.4, -0.2) is 26.2 Å². The number of carbonyl (C=O) groups is 1. The number of carbonyl (C=O) groups excluding carboxylic acids is 1. The largest absolute Gasteiger partial charge is 0.497 e. The van der Waals surface area contributed by atoms with Crippen LogP contribution < -0.4 is 19.5 Å². The molecule has 2 aromatic rings. The highest BCUT2D eigenvalue weighted by atomic mass is 16.5. The molecular formula is C22H27NO4. The van der Waals surface area contributed by atoms with Crippen molar-refractivity contribution in [1.29, 1.82) is 0 Å². The van der Waals surface area contributed by atoms with Gasteiger partial charge in [0, 0.05) is 6.54 Å². The lowest BCUT2D eigenvalue weighted by atomic mass is 9.95. The molecule has 1 aliphatic rings. The maximum absolute atomic E-state index is 12.5. The van der Waals surface area contributed by atoms with Crippen molar-refractivity contribution in [1.82, 2.24) is 5.32 Å². The number of nitrogens with one attached hydrogen (secondary N) is 1. The molecular weight excluding hydrogens is 342 g/mol. The van der Waals surface area contributed by atoms with Crippen molar-refractivity contribution < 1.29 is 19.0 Å². The number of ether oxygens (including phenoxy) is 3. The highest BCUT2D eigenvalue weighted by molar-refractivity contribution is 5.79. The highest BCUT2D eigenvalue weighted by Crippen LogP contribution is 2.30. The molecule has 2 aromatic carbocycles. The zero-order valence-electron chi connectivity index (χ0n) is 16.0. The maximum atomic E-state index is 12.5. The summed E-state index contributed by atoms with van der Waals surface area (Å²) in [4.78, 5) is 12.5. The average molecular weight is 369 g/mol. The minimum Gasteiger partial charge on any atom is -0.497 e. The van der Waals surface area contributed by atoms with Gasteiger partial charge in [0.05, 0.1) is 19.6 Å². The molecule has 0 spiro atoms. The van der Waals surface area contributed by atoms with Gasteiger partial charge in [-0.05, 0) is 54.3 Å². The number of hydrogen-bond acceptors (Lipinski definition) is 4. The SMILES string of the molecule is CCCCOc1ccc(CNC(=O)[C@H]2COc3ccc(OC)cc3C2)cc1. The molecule has 3 rings (SSSR count). The third-order valence-electron chi connectivity index (χ3n) is 4.70. The lowest BCUT2D eigenvalue weighted by molar-refractivity contribution is -0.126. The van der Waals surface area contributed by atoms with E-state index in [-0.39, 0.29) is 11.8 Å². The first-order valence-corrected chi connectivity index (χ1v) is 9.48. The Morgan fingerprint density at radius 2 is 1.96 bits per heavy atom. The van der Waals surface area contributed by atoms with E-state index >= 15 is 0 Å². The fourth-order valence-corrected chi connectivity index (χ4v) is 3.04. The van der Waals surface area contributed by atoms with Gasteiger partial charge in [0.25, 0.3) is 0 Å². The minimum absolute atomic E-state index is 0.00624. The second-order valence-corrected chi connectivity index (χ2v) is 6.75. The Labute approximate surface area is 160 Å². The van der Waals surface area contributed by atoms with Crippen LogP contribution in [0.2, 0.25) is 0 Å². The van der Waals surface area contributed by atoms with E-state index in [1.165, 1.54) is 0 Å². The van der Waals surface area contributed by atoms with Crippen molar-refractivity contribution in [2.24, 2.45) is 5.92 Å². The van der Waals surface area contributed by atoms with Gasteiger partial charge in [0.2, 0.25) is 5.91 Å². The number of hydrogen-bond donors (Lipinski definition) is 1.